The van der Waals surface area contributed by atoms with Crippen LogP contribution in [0.2, 0.25) is 4.34 Å². The minimum atomic E-state index is -1.24. The van der Waals surface area contributed by atoms with Crippen molar-refractivity contribution in [3.8, 4) is 11.8 Å². The molecule has 6 rings (SSSR count). The number of esters is 1. The number of aromatic nitrogens is 4. The first-order chi connectivity index (χ1) is 18.9. The molecule has 4 aromatic rings. The van der Waals surface area contributed by atoms with Crippen molar-refractivity contribution in [1.29, 1.82) is 0 Å². The predicted molar refractivity (Wildman–Crippen MR) is 147 cm³/mol. The number of aliphatic hydroxyl groups excluding tert-OH is 2. The SMILES string of the molecule is CCOC(=O)[C@@]12C[C@@H]1[C@@H](n1cnc3c(NCCc4ccccc4)nc(C#Cc4ccc(Cl)s4)nc31)[C@H](O)[C@@H]2O. The average molecular weight is 564 g/mol. The fourth-order valence-corrected chi connectivity index (χ4v) is 6.46. The highest BCUT2D eigenvalue weighted by atomic mass is 35.5. The second-order valence-electron chi connectivity index (χ2n) is 9.73. The third kappa shape index (κ3) is 4.55. The molecule has 0 amide bonds. The van der Waals surface area contributed by atoms with Crippen LogP contribution in [0.3, 0.4) is 0 Å². The summed E-state index contributed by atoms with van der Waals surface area (Å²) in [6.45, 7) is 2.54. The zero-order valence-corrected chi connectivity index (χ0v) is 22.6. The van der Waals surface area contributed by atoms with Crippen LogP contribution < -0.4 is 5.32 Å². The summed E-state index contributed by atoms with van der Waals surface area (Å²) in [5.74, 6) is 6.09. The number of carbonyl (C=O) groups excluding carboxylic acids is 1. The van der Waals surface area contributed by atoms with Gasteiger partial charge < -0.3 is 24.8 Å². The highest BCUT2D eigenvalue weighted by Gasteiger charge is 2.76. The van der Waals surface area contributed by atoms with Gasteiger partial charge in [-0.3, -0.25) is 4.79 Å². The molecule has 5 atom stereocenters. The van der Waals surface area contributed by atoms with E-state index in [9.17, 15) is 15.0 Å². The lowest BCUT2D eigenvalue weighted by molar-refractivity contribution is -0.156. The fourth-order valence-electron chi connectivity index (χ4n) is 5.56. The molecule has 1 aromatic carbocycles. The third-order valence-electron chi connectivity index (χ3n) is 7.49. The molecule has 0 spiro atoms. The van der Waals surface area contributed by atoms with Crippen molar-refractivity contribution < 1.29 is 19.7 Å². The number of fused-ring (bicyclic) bond motifs is 2. The average Bonchev–Trinajstić information content (AvgIpc) is 3.18. The van der Waals surface area contributed by atoms with Crippen molar-refractivity contribution in [3.05, 3.63) is 69.4 Å². The Labute approximate surface area is 233 Å². The van der Waals surface area contributed by atoms with Crippen LogP contribution in [0.5, 0.6) is 0 Å². The quantitative estimate of drug-likeness (QED) is 0.231. The smallest absolute Gasteiger partial charge is 0.315 e. The number of nitrogens with one attached hydrogen (secondary N) is 1. The molecule has 9 nitrogen and oxygen atoms in total. The summed E-state index contributed by atoms with van der Waals surface area (Å²) in [6, 6.07) is 13.1. The third-order valence-corrected chi connectivity index (χ3v) is 8.64. The summed E-state index contributed by atoms with van der Waals surface area (Å²) in [5.41, 5.74) is 1.05. The Morgan fingerprint density at radius 1 is 1.23 bits per heavy atom. The van der Waals surface area contributed by atoms with Gasteiger partial charge in [0.1, 0.15) is 11.5 Å². The Morgan fingerprint density at radius 2 is 2.05 bits per heavy atom. The summed E-state index contributed by atoms with van der Waals surface area (Å²) in [7, 11) is 0. The molecule has 3 heterocycles. The van der Waals surface area contributed by atoms with E-state index in [0.717, 1.165) is 11.3 Å². The van der Waals surface area contributed by atoms with Crippen LogP contribution in [0.4, 0.5) is 5.82 Å². The topological polar surface area (TPSA) is 122 Å². The number of hydrogen-bond donors (Lipinski definition) is 3. The van der Waals surface area contributed by atoms with Crippen LogP contribution in [0.15, 0.2) is 48.8 Å². The molecule has 200 valence electrons. The molecule has 39 heavy (non-hydrogen) atoms. The van der Waals surface area contributed by atoms with Gasteiger partial charge in [0.05, 0.1) is 34.3 Å². The van der Waals surface area contributed by atoms with Gasteiger partial charge in [0.2, 0.25) is 5.82 Å². The lowest BCUT2D eigenvalue weighted by Crippen LogP contribution is -2.38. The van der Waals surface area contributed by atoms with Crippen LogP contribution in [-0.2, 0) is 16.0 Å². The largest absolute Gasteiger partial charge is 0.465 e. The van der Waals surface area contributed by atoms with Crippen LogP contribution in [0.1, 0.15) is 35.7 Å². The first-order valence-corrected chi connectivity index (χ1v) is 13.9. The number of benzene rings is 1. The molecule has 0 aliphatic heterocycles. The Bertz CT molecular complexity index is 1600. The lowest BCUT2D eigenvalue weighted by Gasteiger charge is -2.23. The number of aliphatic hydroxyl groups is 2. The van der Waals surface area contributed by atoms with E-state index in [2.05, 4.69) is 44.2 Å². The zero-order valence-electron chi connectivity index (χ0n) is 21.0. The maximum atomic E-state index is 12.7. The first kappa shape index (κ1) is 25.8. The number of rotatable bonds is 7. The molecule has 3 N–H and O–H groups in total. The monoisotopic (exact) mass is 563 g/mol. The molecule has 0 saturated heterocycles. The van der Waals surface area contributed by atoms with E-state index in [-0.39, 0.29) is 18.3 Å². The highest BCUT2D eigenvalue weighted by Crippen LogP contribution is 2.68. The Hall–Kier alpha value is -3.49. The molecule has 2 aliphatic carbocycles. The van der Waals surface area contributed by atoms with Gasteiger partial charge in [0.25, 0.3) is 0 Å². The van der Waals surface area contributed by atoms with Gasteiger partial charge in [-0.15, -0.1) is 11.3 Å². The normalized spacial score (nSPS) is 25.1. The summed E-state index contributed by atoms with van der Waals surface area (Å²) >= 11 is 7.41. The minimum absolute atomic E-state index is 0.206. The van der Waals surface area contributed by atoms with Crippen LogP contribution >= 0.6 is 22.9 Å². The van der Waals surface area contributed by atoms with E-state index < -0.39 is 29.6 Å². The van der Waals surface area contributed by atoms with Crippen molar-refractivity contribution in [2.75, 3.05) is 18.5 Å². The summed E-state index contributed by atoms with van der Waals surface area (Å²) in [5, 5.41) is 25.3. The van der Waals surface area contributed by atoms with Gasteiger partial charge in [0.15, 0.2) is 17.0 Å². The van der Waals surface area contributed by atoms with Gasteiger partial charge in [-0.25, -0.2) is 15.0 Å². The van der Waals surface area contributed by atoms with E-state index in [1.165, 1.54) is 16.9 Å². The molecule has 11 heteroatoms. The van der Waals surface area contributed by atoms with Crippen molar-refractivity contribution in [2.24, 2.45) is 11.3 Å². The molecule has 3 aromatic heterocycles. The molecule has 2 saturated carbocycles. The van der Waals surface area contributed by atoms with Crippen LogP contribution in [-0.4, -0.2) is 61.1 Å². The molecule has 0 radical (unpaired) electrons. The molecular weight excluding hydrogens is 538 g/mol. The van der Waals surface area contributed by atoms with E-state index in [1.54, 1.807) is 23.9 Å². The van der Waals surface area contributed by atoms with E-state index in [1.807, 2.05) is 24.3 Å². The van der Waals surface area contributed by atoms with Crippen molar-refractivity contribution in [1.82, 2.24) is 19.5 Å². The number of nitrogens with zero attached hydrogens (tertiary/aromatic N) is 4. The van der Waals surface area contributed by atoms with Crippen molar-refractivity contribution >= 4 is 45.9 Å². The van der Waals surface area contributed by atoms with Gasteiger partial charge in [-0.2, -0.15) is 0 Å². The maximum absolute atomic E-state index is 12.7. The molecule has 2 fully saturated rings. The van der Waals surface area contributed by atoms with E-state index in [0.29, 0.717) is 34.3 Å². The maximum Gasteiger partial charge on any atom is 0.315 e. The second-order valence-corrected chi connectivity index (χ2v) is 11.4. The number of thiophene rings is 1. The van der Waals surface area contributed by atoms with Gasteiger partial charge in [0, 0.05) is 12.5 Å². The highest BCUT2D eigenvalue weighted by molar-refractivity contribution is 7.16. The summed E-state index contributed by atoms with van der Waals surface area (Å²) in [6.07, 6.45) is 0.361. The molecular formula is C28H26ClN5O4S. The van der Waals surface area contributed by atoms with E-state index in [4.69, 9.17) is 16.3 Å². The van der Waals surface area contributed by atoms with Crippen molar-refractivity contribution in [3.63, 3.8) is 0 Å². The van der Waals surface area contributed by atoms with Gasteiger partial charge in [-0.1, -0.05) is 41.9 Å². The number of hydrogen-bond acceptors (Lipinski definition) is 9. The number of imidazole rings is 1. The zero-order chi connectivity index (χ0) is 27.1. The number of carbonyl (C=O) groups is 1. The molecule has 2 aliphatic rings. The number of ether oxygens (including phenoxy) is 1. The van der Waals surface area contributed by atoms with Gasteiger partial charge in [-0.05, 0) is 49.3 Å². The first-order valence-electron chi connectivity index (χ1n) is 12.8. The Kier molecular flexibility index (Phi) is 6.77. The van der Waals surface area contributed by atoms with Gasteiger partial charge >= 0.3 is 5.97 Å². The Morgan fingerprint density at radius 3 is 2.79 bits per heavy atom. The number of anilines is 1. The van der Waals surface area contributed by atoms with Crippen LogP contribution in [0, 0.1) is 23.2 Å². The molecule has 0 unspecified atom stereocenters. The predicted octanol–water partition coefficient (Wildman–Crippen LogP) is 3.44. The van der Waals surface area contributed by atoms with E-state index >= 15 is 0 Å². The lowest BCUT2D eigenvalue weighted by atomic mass is 9.99. The number of halogens is 1. The summed E-state index contributed by atoms with van der Waals surface area (Å²) < 4.78 is 7.61. The Balaban J connectivity index is 1.36. The minimum Gasteiger partial charge on any atom is -0.465 e. The standard InChI is InChI=1S/C28H26ClN5O4S/c1-2-38-27(37)28-14-18(28)22(23(35)24(28)36)34-15-31-21-25(30-13-12-16-6-4-3-5-7-16)32-20(33-26(21)34)11-9-17-8-10-19(29)39-17/h3-8,10,15,18,22-24,35-36H,2,12-14H2,1H3,(H,30,32,33)/t18-,22-,23+,24+,28+/m1/s1. The fraction of sp³-hybridized carbons (Fsp3) is 0.357. The van der Waals surface area contributed by atoms with Crippen molar-refractivity contribution in [2.45, 2.75) is 38.0 Å². The summed E-state index contributed by atoms with van der Waals surface area (Å²) in [4.78, 5) is 27.4. The second kappa shape index (κ2) is 10.2. The molecule has 0 bridgehead atoms. The van der Waals surface area contributed by atoms with Crippen LogP contribution in [0.25, 0.3) is 11.2 Å².